The van der Waals surface area contributed by atoms with E-state index in [0.29, 0.717) is 5.69 Å². The molecule has 23 heavy (non-hydrogen) atoms. The summed E-state index contributed by atoms with van der Waals surface area (Å²) in [6.07, 6.45) is 0. The van der Waals surface area contributed by atoms with Gasteiger partial charge in [-0.05, 0) is 36.8 Å². The molecule has 5 heteroatoms. The van der Waals surface area contributed by atoms with E-state index in [4.69, 9.17) is 0 Å². The lowest BCUT2D eigenvalue weighted by Crippen LogP contribution is -2.29. The van der Waals surface area contributed by atoms with Crippen LogP contribution in [0.5, 0.6) is 0 Å². The second-order valence-electron chi connectivity index (χ2n) is 5.58. The number of nitrogens with zero attached hydrogens (tertiary/aromatic N) is 2. The normalized spacial score (nSPS) is 16.7. The van der Waals surface area contributed by atoms with Crippen molar-refractivity contribution in [1.29, 1.82) is 0 Å². The molecule has 1 amide bonds. The lowest BCUT2D eigenvalue weighted by atomic mass is 9.99. The second kappa shape index (κ2) is 5.35. The van der Waals surface area contributed by atoms with E-state index in [0.717, 1.165) is 27.0 Å². The molecule has 0 radical (unpaired) electrons. The summed E-state index contributed by atoms with van der Waals surface area (Å²) < 4.78 is 0.985. The van der Waals surface area contributed by atoms with Crippen molar-refractivity contribution in [3.05, 3.63) is 81.6 Å². The Bertz CT molecular complexity index is 871. The number of carbonyl (C=O) groups excluding carboxylic acids is 1. The topological polar surface area (TPSA) is 49.0 Å². The molecular weight excluding hydrogens is 354 g/mol. The fourth-order valence-electron chi connectivity index (χ4n) is 3.11. The minimum Gasteiger partial charge on any atom is -0.295 e. The Kier molecular flexibility index (Phi) is 3.31. The number of benzene rings is 2. The van der Waals surface area contributed by atoms with E-state index < -0.39 is 0 Å². The number of aryl methyl sites for hydroxylation is 1. The number of amides is 1. The molecular formula is C18H14BrN3O. The molecule has 1 atom stereocenters. The zero-order valence-corrected chi connectivity index (χ0v) is 14.0. The number of hydrogen-bond acceptors (Lipinski definition) is 2. The van der Waals surface area contributed by atoms with E-state index in [1.807, 2.05) is 66.4 Å². The SMILES string of the molecule is Cc1[nH]nc2c1C(c1ccccc1)N(c1ccc(Br)cc1)C2=O. The molecule has 3 aromatic rings. The van der Waals surface area contributed by atoms with Gasteiger partial charge in [0.15, 0.2) is 5.69 Å². The van der Waals surface area contributed by atoms with Gasteiger partial charge in [0.25, 0.3) is 5.91 Å². The van der Waals surface area contributed by atoms with Crippen LogP contribution >= 0.6 is 15.9 Å². The van der Waals surface area contributed by atoms with Gasteiger partial charge >= 0.3 is 0 Å². The van der Waals surface area contributed by atoms with Gasteiger partial charge in [-0.1, -0.05) is 46.3 Å². The third kappa shape index (κ3) is 2.19. The maximum Gasteiger partial charge on any atom is 0.279 e. The smallest absolute Gasteiger partial charge is 0.279 e. The van der Waals surface area contributed by atoms with Gasteiger partial charge in [-0.15, -0.1) is 0 Å². The van der Waals surface area contributed by atoms with Gasteiger partial charge in [0, 0.05) is 21.4 Å². The van der Waals surface area contributed by atoms with Crippen molar-refractivity contribution in [2.45, 2.75) is 13.0 Å². The molecule has 4 nitrogen and oxygen atoms in total. The molecule has 1 unspecified atom stereocenters. The first kappa shape index (κ1) is 14.2. The van der Waals surface area contributed by atoms with Crippen LogP contribution in [0.2, 0.25) is 0 Å². The van der Waals surface area contributed by atoms with E-state index in [1.54, 1.807) is 0 Å². The standard InChI is InChI=1S/C18H14BrN3O/c1-11-15-16(21-20-11)18(23)22(14-9-7-13(19)8-10-14)17(15)12-5-3-2-4-6-12/h2-10,17H,1H3,(H,20,21). The number of halogens is 1. The van der Waals surface area contributed by atoms with Crippen LogP contribution in [0.3, 0.4) is 0 Å². The highest BCUT2D eigenvalue weighted by Gasteiger charge is 2.42. The van der Waals surface area contributed by atoms with E-state index in [2.05, 4.69) is 26.1 Å². The molecule has 1 N–H and O–H groups in total. The summed E-state index contributed by atoms with van der Waals surface area (Å²) in [7, 11) is 0. The Labute approximate surface area is 142 Å². The Morgan fingerprint density at radius 2 is 1.78 bits per heavy atom. The number of carbonyl (C=O) groups is 1. The Hall–Kier alpha value is -2.40. The van der Waals surface area contributed by atoms with Crippen molar-refractivity contribution in [2.24, 2.45) is 0 Å². The summed E-state index contributed by atoms with van der Waals surface area (Å²) in [5, 5.41) is 7.17. The Morgan fingerprint density at radius 1 is 1.09 bits per heavy atom. The van der Waals surface area contributed by atoms with Gasteiger partial charge in [-0.3, -0.25) is 14.8 Å². The number of anilines is 1. The number of rotatable bonds is 2. The third-order valence-corrected chi connectivity index (χ3v) is 4.70. The molecule has 4 rings (SSSR count). The quantitative estimate of drug-likeness (QED) is 0.736. The molecule has 0 bridgehead atoms. The molecule has 1 aliphatic heterocycles. The van der Waals surface area contributed by atoms with Crippen LogP contribution in [0, 0.1) is 6.92 Å². The van der Waals surface area contributed by atoms with Gasteiger partial charge < -0.3 is 0 Å². The first-order chi connectivity index (χ1) is 11.2. The Balaban J connectivity index is 1.91. The molecule has 114 valence electrons. The predicted molar refractivity (Wildman–Crippen MR) is 92.6 cm³/mol. The van der Waals surface area contributed by atoms with Crippen LogP contribution in [0.15, 0.2) is 59.1 Å². The lowest BCUT2D eigenvalue weighted by molar-refractivity contribution is 0.0989. The molecule has 0 saturated carbocycles. The second-order valence-corrected chi connectivity index (χ2v) is 6.49. The van der Waals surface area contributed by atoms with Gasteiger partial charge in [-0.2, -0.15) is 5.10 Å². The molecule has 2 aromatic carbocycles. The highest BCUT2D eigenvalue weighted by molar-refractivity contribution is 9.10. The van der Waals surface area contributed by atoms with Crippen LogP contribution < -0.4 is 4.90 Å². The van der Waals surface area contributed by atoms with E-state index in [-0.39, 0.29) is 11.9 Å². The number of H-pyrrole nitrogens is 1. The lowest BCUT2D eigenvalue weighted by Gasteiger charge is -2.26. The molecule has 1 aromatic heterocycles. The minimum absolute atomic E-state index is 0.0690. The summed E-state index contributed by atoms with van der Waals surface area (Å²) >= 11 is 3.44. The summed E-state index contributed by atoms with van der Waals surface area (Å²) in [6, 6.07) is 17.7. The summed E-state index contributed by atoms with van der Waals surface area (Å²) in [5.74, 6) is -0.0690. The number of aromatic nitrogens is 2. The number of hydrogen-bond donors (Lipinski definition) is 1. The summed E-state index contributed by atoms with van der Waals surface area (Å²) in [5.41, 5.74) is 4.35. The van der Waals surface area contributed by atoms with Crippen molar-refractivity contribution in [3.63, 3.8) is 0 Å². The maximum atomic E-state index is 12.9. The average Bonchev–Trinajstić information content (AvgIpc) is 3.08. The third-order valence-electron chi connectivity index (χ3n) is 4.17. The van der Waals surface area contributed by atoms with Gasteiger partial charge in [0.2, 0.25) is 0 Å². The minimum atomic E-state index is -0.154. The molecule has 2 heterocycles. The fraction of sp³-hybridized carbons (Fsp3) is 0.111. The molecule has 0 fully saturated rings. The van der Waals surface area contributed by atoms with Crippen molar-refractivity contribution in [2.75, 3.05) is 4.90 Å². The molecule has 1 aliphatic rings. The maximum absolute atomic E-state index is 12.9. The zero-order chi connectivity index (χ0) is 16.0. The first-order valence-electron chi connectivity index (χ1n) is 7.36. The molecule has 0 saturated heterocycles. The van der Waals surface area contributed by atoms with Crippen molar-refractivity contribution in [1.82, 2.24) is 10.2 Å². The molecule has 0 aliphatic carbocycles. The van der Waals surface area contributed by atoms with Crippen LogP contribution in [-0.2, 0) is 0 Å². The highest BCUT2D eigenvalue weighted by atomic mass is 79.9. The van der Waals surface area contributed by atoms with Gasteiger partial charge in [-0.25, -0.2) is 0 Å². The van der Waals surface area contributed by atoms with E-state index >= 15 is 0 Å². The van der Waals surface area contributed by atoms with Crippen LogP contribution in [0.25, 0.3) is 0 Å². The summed E-state index contributed by atoms with van der Waals surface area (Å²) in [6.45, 7) is 1.96. The predicted octanol–water partition coefficient (Wildman–Crippen LogP) is 4.23. The van der Waals surface area contributed by atoms with Crippen LogP contribution in [-0.4, -0.2) is 16.1 Å². The summed E-state index contributed by atoms with van der Waals surface area (Å²) in [4.78, 5) is 14.7. The monoisotopic (exact) mass is 367 g/mol. The highest BCUT2D eigenvalue weighted by Crippen LogP contribution is 2.42. The molecule has 0 spiro atoms. The van der Waals surface area contributed by atoms with Crippen molar-refractivity contribution < 1.29 is 4.79 Å². The first-order valence-corrected chi connectivity index (χ1v) is 8.15. The van der Waals surface area contributed by atoms with E-state index in [9.17, 15) is 4.79 Å². The van der Waals surface area contributed by atoms with Crippen molar-refractivity contribution >= 4 is 27.5 Å². The number of nitrogens with one attached hydrogen (secondary N) is 1. The van der Waals surface area contributed by atoms with Crippen LogP contribution in [0.4, 0.5) is 5.69 Å². The fourth-order valence-corrected chi connectivity index (χ4v) is 3.38. The number of aromatic amines is 1. The van der Waals surface area contributed by atoms with Crippen LogP contribution in [0.1, 0.15) is 33.4 Å². The van der Waals surface area contributed by atoms with E-state index in [1.165, 1.54) is 0 Å². The number of fused-ring (bicyclic) bond motifs is 1. The van der Waals surface area contributed by atoms with Gasteiger partial charge in [0.05, 0.1) is 6.04 Å². The Morgan fingerprint density at radius 3 is 2.48 bits per heavy atom. The average molecular weight is 368 g/mol. The van der Waals surface area contributed by atoms with Gasteiger partial charge in [0.1, 0.15) is 0 Å². The zero-order valence-electron chi connectivity index (χ0n) is 12.5. The largest absolute Gasteiger partial charge is 0.295 e. The van der Waals surface area contributed by atoms with Crippen molar-refractivity contribution in [3.8, 4) is 0 Å².